The standard InChI is InChI=1S/C30H41N5O4.C16H21ClN4O.C14H21NO3.2C2H4O2.CH4.Pd/c1-37-26(36)14-7-2-3-9-19-38-24-17-15-23(16-18-24)32-30-33-27(22-11-5-4-6-12-22)28-29(34-30)35(21-31-28)25-13-8-10-20-39-25;17-16-19-13(11-6-2-1-3-7-11)14-15(20-16)21(10-18-14)12-8-4-5-9-22-12;1-17-14(16)6-4-2-3-5-11-18-13-9-7-12(15)8-10-13;2*1-2(3)4;;/h15-18,21-22,25H,2-14,19-20H2,1H3,(H,32,33,34);10-12H,1-9H2;7-10H,2-6,11,15H2,1H3;2*1H3,(H,3,4);1H4;. The van der Waals surface area contributed by atoms with E-state index in [0.717, 1.165) is 180 Å². The molecule has 4 aromatic heterocycles. The number of methoxy groups -OCH3 is 2. The number of carboxylic acid groups (broad SMARTS) is 2. The maximum absolute atomic E-state index is 11.2. The molecule has 6 heterocycles. The number of ether oxygens (including phenoxy) is 6. The van der Waals surface area contributed by atoms with Gasteiger partial charge in [0.15, 0.2) is 11.3 Å². The fourth-order valence-electron chi connectivity index (χ4n) is 10.9. The number of carbonyl (C=O) groups is 4. The molecule has 2 aliphatic heterocycles. The van der Waals surface area contributed by atoms with Gasteiger partial charge < -0.3 is 49.7 Å². The Morgan fingerprint density at radius 3 is 1.40 bits per heavy atom. The number of nitrogens with one attached hydrogen (secondary N) is 1. The van der Waals surface area contributed by atoms with Gasteiger partial charge in [-0.3, -0.25) is 28.3 Å². The van der Waals surface area contributed by atoms with Crippen molar-refractivity contribution in [2.45, 2.75) is 213 Å². The topological polar surface area (TPSA) is 289 Å². The average Bonchev–Trinajstić information content (AvgIpc) is 1.87. The third-order valence-electron chi connectivity index (χ3n) is 15.3. The van der Waals surface area contributed by atoms with E-state index >= 15 is 0 Å². The van der Waals surface area contributed by atoms with Crippen LogP contribution >= 0.6 is 11.6 Å². The van der Waals surface area contributed by atoms with E-state index in [1.165, 1.54) is 72.0 Å². The number of carbonyl (C=O) groups excluding carboxylic acids is 2. The molecule has 4 aliphatic rings. The Morgan fingerprint density at radius 1 is 0.573 bits per heavy atom. The number of unbranched alkanes of at least 4 members (excludes halogenated alkanes) is 6. The summed E-state index contributed by atoms with van der Waals surface area (Å²) in [7, 11) is 2.85. The minimum absolute atomic E-state index is 0. The molecule has 6 aromatic rings. The Kier molecular flexibility index (Phi) is 35.1. The van der Waals surface area contributed by atoms with Crippen LogP contribution in [0.4, 0.5) is 17.3 Å². The molecule has 0 spiro atoms. The van der Waals surface area contributed by atoms with E-state index in [9.17, 15) is 9.59 Å². The number of nitrogen functional groups attached to an aromatic ring is 1. The second-order valence-electron chi connectivity index (χ2n) is 22.2. The number of halogens is 1. The third-order valence-corrected chi connectivity index (χ3v) is 15.5. The number of esters is 2. The SMILES string of the molecule is C.CC(=O)O.CC(=O)O.COC(=O)CCCCCCOc1ccc(N)cc1.COC(=O)CCCCCCOc1ccc(Nc2nc(C3CCCCC3)c3ncn(C4CCCCO4)c3n2)cc1.Clc1nc(C2CCCCC2)c2ncn(C3CCCCO3)c2n1.[Pd]. The summed E-state index contributed by atoms with van der Waals surface area (Å²) >= 11 is 6.21. The summed E-state index contributed by atoms with van der Waals surface area (Å²) in [6.45, 7) is 5.10. The fourth-order valence-corrected chi connectivity index (χ4v) is 11.1. The summed E-state index contributed by atoms with van der Waals surface area (Å²) in [5.41, 5.74) is 12.8. The van der Waals surface area contributed by atoms with Gasteiger partial charge >= 0.3 is 11.9 Å². The van der Waals surface area contributed by atoms with Gasteiger partial charge in [-0.1, -0.05) is 71.6 Å². The normalized spacial score (nSPS) is 16.5. The van der Waals surface area contributed by atoms with Crippen LogP contribution in [0.1, 0.15) is 224 Å². The Bertz CT molecular complexity index is 2980. The summed E-state index contributed by atoms with van der Waals surface area (Å²) in [4.78, 5) is 68.3. The van der Waals surface area contributed by atoms with Gasteiger partial charge in [-0.05, 0) is 150 Å². The third kappa shape index (κ3) is 26.5. The first-order valence-corrected chi connectivity index (χ1v) is 31.5. The number of fused-ring (bicyclic) bond motifs is 2. The zero-order chi connectivity index (χ0) is 62.2. The Morgan fingerprint density at radius 2 is 0.978 bits per heavy atom. The number of hydrogen-bond donors (Lipinski definition) is 4. The molecule has 0 bridgehead atoms. The molecule has 4 fully saturated rings. The second-order valence-corrected chi connectivity index (χ2v) is 22.5. The van der Waals surface area contributed by atoms with Crippen LogP contribution in [0.15, 0.2) is 61.2 Å². The Balaban J connectivity index is 0.000000287. The molecule has 0 radical (unpaired) electrons. The van der Waals surface area contributed by atoms with E-state index in [1.54, 1.807) is 0 Å². The number of anilines is 3. The Labute approximate surface area is 543 Å². The summed E-state index contributed by atoms with van der Waals surface area (Å²) in [5.74, 6) is 1.22. The molecule has 10 rings (SSSR count). The Hall–Kier alpha value is -6.51. The van der Waals surface area contributed by atoms with Gasteiger partial charge in [0.05, 0.1) is 51.5 Å². The number of aliphatic carboxylic acids is 2. The van der Waals surface area contributed by atoms with E-state index in [2.05, 4.69) is 34.3 Å². The molecule has 89 heavy (non-hydrogen) atoms. The number of imidazole rings is 2. The number of benzene rings is 2. The van der Waals surface area contributed by atoms with Crippen LogP contribution in [0.3, 0.4) is 0 Å². The molecular formula is C65H95ClN10O12Pd. The molecule has 5 N–H and O–H groups in total. The van der Waals surface area contributed by atoms with Gasteiger partial charge in [-0.25, -0.2) is 19.9 Å². The van der Waals surface area contributed by atoms with Gasteiger partial charge in [0.2, 0.25) is 11.2 Å². The molecule has 24 heteroatoms. The number of nitrogens with zero attached hydrogens (tertiary/aromatic N) is 8. The van der Waals surface area contributed by atoms with Crippen molar-refractivity contribution in [3.8, 4) is 11.5 Å². The van der Waals surface area contributed by atoms with Crippen molar-refractivity contribution in [3.63, 3.8) is 0 Å². The van der Waals surface area contributed by atoms with Crippen LogP contribution in [0.5, 0.6) is 11.5 Å². The number of hydrogen-bond acceptors (Lipinski definition) is 18. The first-order chi connectivity index (χ1) is 42.2. The van der Waals surface area contributed by atoms with Crippen molar-refractivity contribution in [2.75, 3.05) is 51.7 Å². The van der Waals surface area contributed by atoms with Gasteiger partial charge in [-0.15, -0.1) is 0 Å². The van der Waals surface area contributed by atoms with E-state index in [1.807, 2.05) is 65.8 Å². The minimum Gasteiger partial charge on any atom is -0.494 e. The van der Waals surface area contributed by atoms with Crippen molar-refractivity contribution in [3.05, 3.63) is 77.9 Å². The van der Waals surface area contributed by atoms with Crippen LogP contribution in [-0.4, -0.2) is 114 Å². The predicted octanol–water partition coefficient (Wildman–Crippen LogP) is 14.6. The molecule has 2 aromatic carbocycles. The van der Waals surface area contributed by atoms with Gasteiger partial charge in [0, 0.05) is 83.5 Å². The molecule has 2 saturated heterocycles. The van der Waals surface area contributed by atoms with E-state index in [0.29, 0.717) is 49.1 Å². The first kappa shape index (κ1) is 75.0. The second kappa shape index (κ2) is 41.7. The van der Waals surface area contributed by atoms with Crippen LogP contribution in [0.2, 0.25) is 5.28 Å². The largest absolute Gasteiger partial charge is 0.494 e. The summed E-state index contributed by atoms with van der Waals surface area (Å²) < 4.78 is 36.8. The minimum atomic E-state index is -0.833. The molecule has 2 aliphatic carbocycles. The fraction of sp³-hybridized carbons (Fsp3) is 0.600. The molecule has 2 unspecified atom stereocenters. The van der Waals surface area contributed by atoms with Crippen LogP contribution in [0, 0.1) is 0 Å². The van der Waals surface area contributed by atoms with Crippen molar-refractivity contribution < 1.29 is 78.2 Å². The van der Waals surface area contributed by atoms with Crippen molar-refractivity contribution in [1.82, 2.24) is 39.0 Å². The predicted molar refractivity (Wildman–Crippen MR) is 340 cm³/mol. The monoisotopic (exact) mass is 1350 g/mol. The van der Waals surface area contributed by atoms with Gasteiger partial charge in [-0.2, -0.15) is 9.97 Å². The van der Waals surface area contributed by atoms with E-state index in [4.69, 9.17) is 71.0 Å². The first-order valence-electron chi connectivity index (χ1n) is 31.1. The maximum Gasteiger partial charge on any atom is 0.305 e. The zero-order valence-corrected chi connectivity index (χ0v) is 53.9. The van der Waals surface area contributed by atoms with E-state index in [-0.39, 0.29) is 52.2 Å². The van der Waals surface area contributed by atoms with Crippen molar-refractivity contribution in [2.24, 2.45) is 0 Å². The molecule has 0 amide bonds. The quantitative estimate of drug-likeness (QED) is 0.0161. The number of aromatic nitrogens is 8. The summed E-state index contributed by atoms with van der Waals surface area (Å²) in [6, 6.07) is 15.3. The summed E-state index contributed by atoms with van der Waals surface area (Å²) in [5, 5.41) is 18.6. The molecule has 494 valence electrons. The maximum atomic E-state index is 11.2. The van der Waals surface area contributed by atoms with Crippen molar-refractivity contribution in [1.29, 1.82) is 0 Å². The van der Waals surface area contributed by atoms with Crippen LogP contribution < -0.4 is 20.5 Å². The molecule has 2 saturated carbocycles. The smallest absolute Gasteiger partial charge is 0.305 e. The van der Waals surface area contributed by atoms with E-state index < -0.39 is 11.9 Å². The number of rotatable bonds is 22. The van der Waals surface area contributed by atoms with Crippen LogP contribution in [0.25, 0.3) is 22.3 Å². The number of nitrogens with two attached hydrogens (primary N) is 1. The summed E-state index contributed by atoms with van der Waals surface area (Å²) in [6.07, 6.45) is 31.4. The van der Waals surface area contributed by atoms with Crippen molar-refractivity contribution >= 4 is 75.1 Å². The van der Waals surface area contributed by atoms with Crippen LogP contribution in [-0.2, 0) is 58.5 Å². The average molecular weight is 1350 g/mol. The number of carboxylic acids is 2. The molecule has 2 atom stereocenters. The zero-order valence-electron chi connectivity index (χ0n) is 51.6. The van der Waals surface area contributed by atoms with Gasteiger partial charge in [0.1, 0.15) is 35.0 Å². The molecular weight excluding hydrogens is 1250 g/mol. The van der Waals surface area contributed by atoms with Gasteiger partial charge in [0.25, 0.3) is 11.9 Å². The molecule has 22 nitrogen and oxygen atoms in total.